The number of aryl methyl sites for hydroxylation is 1. The number of aromatic nitrogens is 1. The summed E-state index contributed by atoms with van der Waals surface area (Å²) in [5.41, 5.74) is 2.01. The highest BCUT2D eigenvalue weighted by molar-refractivity contribution is 7.80. The van der Waals surface area contributed by atoms with Crippen molar-refractivity contribution in [2.75, 3.05) is 29.9 Å². The van der Waals surface area contributed by atoms with Gasteiger partial charge in [0, 0.05) is 19.6 Å². The van der Waals surface area contributed by atoms with Crippen molar-refractivity contribution >= 4 is 28.8 Å². The lowest BCUT2D eigenvalue weighted by molar-refractivity contribution is 0.355. The molecule has 0 radical (unpaired) electrons. The van der Waals surface area contributed by atoms with E-state index in [2.05, 4.69) is 40.4 Å². The molecule has 0 spiro atoms. The lowest BCUT2D eigenvalue weighted by Crippen LogP contribution is -2.39. The average molecular weight is 401 g/mol. The Kier molecular flexibility index (Phi) is 7.20. The zero-order chi connectivity index (χ0) is 19.9. The van der Waals surface area contributed by atoms with Gasteiger partial charge >= 0.3 is 0 Å². The van der Waals surface area contributed by atoms with Crippen molar-refractivity contribution in [1.82, 2.24) is 10.3 Å². The summed E-state index contributed by atoms with van der Waals surface area (Å²) in [6, 6.07) is 10.7. The molecule has 0 aliphatic carbocycles. The minimum Gasteiger partial charge on any atom is -0.362 e. The second kappa shape index (κ2) is 9.82. The number of nitrogens with zero attached hydrogens (tertiary/aromatic N) is 2. The van der Waals surface area contributed by atoms with Crippen LogP contribution < -0.4 is 15.5 Å². The van der Waals surface area contributed by atoms with Crippen LogP contribution in [0.3, 0.4) is 0 Å². The van der Waals surface area contributed by atoms with Gasteiger partial charge in [0.05, 0.1) is 11.9 Å². The van der Waals surface area contributed by atoms with E-state index in [0.717, 1.165) is 49.5 Å². The summed E-state index contributed by atoms with van der Waals surface area (Å²) in [4.78, 5) is 6.98. The lowest BCUT2D eigenvalue weighted by atomic mass is 9.92. The van der Waals surface area contributed by atoms with Crippen molar-refractivity contribution in [3.8, 4) is 0 Å². The molecule has 0 bridgehead atoms. The van der Waals surface area contributed by atoms with Crippen molar-refractivity contribution in [2.45, 2.75) is 33.1 Å². The van der Waals surface area contributed by atoms with E-state index in [1.165, 1.54) is 18.6 Å². The summed E-state index contributed by atoms with van der Waals surface area (Å²) in [5.74, 6) is 2.24. The van der Waals surface area contributed by atoms with Gasteiger partial charge in [-0.15, -0.1) is 0 Å². The first-order valence-electron chi connectivity index (χ1n) is 10.00. The molecule has 1 aromatic heterocycles. The maximum atomic E-state index is 12.9. The van der Waals surface area contributed by atoms with Crippen LogP contribution in [-0.2, 0) is 6.42 Å². The Bertz CT molecular complexity index is 753. The summed E-state index contributed by atoms with van der Waals surface area (Å²) < 4.78 is 12.9. The molecule has 2 atom stereocenters. The van der Waals surface area contributed by atoms with Gasteiger partial charge in [-0.3, -0.25) is 0 Å². The van der Waals surface area contributed by atoms with Gasteiger partial charge in [-0.25, -0.2) is 9.37 Å². The molecular formula is C22H29FN4S. The van der Waals surface area contributed by atoms with Crippen LogP contribution in [0, 0.1) is 17.7 Å². The molecule has 1 aliphatic rings. The summed E-state index contributed by atoms with van der Waals surface area (Å²) >= 11 is 5.36. The van der Waals surface area contributed by atoms with E-state index in [1.807, 2.05) is 24.4 Å². The highest BCUT2D eigenvalue weighted by Gasteiger charge is 2.22. The molecule has 6 heteroatoms. The number of hydrogen-bond acceptors (Lipinski definition) is 3. The third kappa shape index (κ3) is 6.16. The summed E-state index contributed by atoms with van der Waals surface area (Å²) in [6.45, 7) is 7.51. The second-order valence-corrected chi connectivity index (χ2v) is 8.28. The van der Waals surface area contributed by atoms with Gasteiger partial charge in [-0.2, -0.15) is 0 Å². The van der Waals surface area contributed by atoms with Crippen LogP contribution in [0.5, 0.6) is 0 Å². The molecule has 1 aromatic carbocycles. The molecule has 2 aromatic rings. The van der Waals surface area contributed by atoms with Gasteiger partial charge in [0.2, 0.25) is 0 Å². The van der Waals surface area contributed by atoms with Gasteiger partial charge in [-0.1, -0.05) is 26.0 Å². The maximum Gasteiger partial charge on any atom is 0.170 e. The molecule has 2 unspecified atom stereocenters. The van der Waals surface area contributed by atoms with Crippen LogP contribution in [0.1, 0.15) is 32.3 Å². The average Bonchev–Trinajstić information content (AvgIpc) is 2.66. The quantitative estimate of drug-likeness (QED) is 0.547. The van der Waals surface area contributed by atoms with E-state index < -0.39 is 0 Å². The fourth-order valence-corrected chi connectivity index (χ4v) is 4.04. The van der Waals surface area contributed by atoms with E-state index >= 15 is 0 Å². The van der Waals surface area contributed by atoms with Crippen LogP contribution in [-0.4, -0.2) is 29.7 Å². The number of halogens is 1. The number of anilines is 2. The molecule has 4 nitrogen and oxygen atoms in total. The third-order valence-corrected chi connectivity index (χ3v) is 5.29. The van der Waals surface area contributed by atoms with Crippen LogP contribution in [0.15, 0.2) is 42.6 Å². The molecule has 1 saturated heterocycles. The Morgan fingerprint density at radius 2 is 1.86 bits per heavy atom. The number of nitrogens with one attached hydrogen (secondary N) is 2. The zero-order valence-corrected chi connectivity index (χ0v) is 17.4. The first-order chi connectivity index (χ1) is 13.5. The standard InChI is InChI=1S/C22H29FN4S/c1-16-12-17(2)15-27(14-16)21-10-9-20(13-25-21)26-22(28)24-11-3-4-18-5-7-19(23)8-6-18/h5-10,13,16-17H,3-4,11-12,14-15H2,1-2H3,(H2,24,26,28). The first kappa shape index (κ1) is 20.5. The monoisotopic (exact) mass is 400 g/mol. The topological polar surface area (TPSA) is 40.2 Å². The number of benzene rings is 1. The predicted molar refractivity (Wildman–Crippen MR) is 118 cm³/mol. The third-order valence-electron chi connectivity index (χ3n) is 5.04. The van der Waals surface area contributed by atoms with E-state index in [1.54, 1.807) is 0 Å². The molecule has 28 heavy (non-hydrogen) atoms. The normalized spacial score (nSPS) is 19.3. The van der Waals surface area contributed by atoms with Crippen LogP contribution in [0.4, 0.5) is 15.9 Å². The number of hydrogen-bond donors (Lipinski definition) is 2. The van der Waals surface area contributed by atoms with E-state index in [9.17, 15) is 4.39 Å². The van der Waals surface area contributed by atoms with E-state index in [4.69, 9.17) is 12.2 Å². The van der Waals surface area contributed by atoms with E-state index in [-0.39, 0.29) is 5.82 Å². The van der Waals surface area contributed by atoms with Gasteiger partial charge < -0.3 is 15.5 Å². The van der Waals surface area contributed by atoms with Crippen molar-refractivity contribution in [3.05, 3.63) is 54.0 Å². The molecule has 0 saturated carbocycles. The van der Waals surface area contributed by atoms with Crippen LogP contribution in [0.25, 0.3) is 0 Å². The molecular weight excluding hydrogens is 371 g/mol. The first-order valence-corrected chi connectivity index (χ1v) is 10.4. The molecule has 2 N–H and O–H groups in total. The molecule has 1 aliphatic heterocycles. The number of pyridine rings is 1. The van der Waals surface area contributed by atoms with Crippen molar-refractivity contribution in [3.63, 3.8) is 0 Å². The SMILES string of the molecule is CC1CC(C)CN(c2ccc(NC(=S)NCCCc3ccc(F)cc3)cn2)C1. The largest absolute Gasteiger partial charge is 0.362 e. The highest BCUT2D eigenvalue weighted by Crippen LogP contribution is 2.25. The van der Waals surface area contributed by atoms with Gasteiger partial charge in [0.1, 0.15) is 11.6 Å². The minimum atomic E-state index is -0.198. The van der Waals surface area contributed by atoms with Gasteiger partial charge in [-0.05, 0) is 73.1 Å². The lowest BCUT2D eigenvalue weighted by Gasteiger charge is -2.35. The zero-order valence-electron chi connectivity index (χ0n) is 16.6. The molecule has 0 amide bonds. The van der Waals surface area contributed by atoms with Crippen LogP contribution >= 0.6 is 12.2 Å². The Balaban J connectivity index is 1.41. The highest BCUT2D eigenvalue weighted by atomic mass is 32.1. The summed E-state index contributed by atoms with van der Waals surface area (Å²) in [5, 5.41) is 6.99. The summed E-state index contributed by atoms with van der Waals surface area (Å²) in [6.07, 6.45) is 4.94. The minimum absolute atomic E-state index is 0.198. The Morgan fingerprint density at radius 3 is 2.50 bits per heavy atom. The second-order valence-electron chi connectivity index (χ2n) is 7.87. The van der Waals surface area contributed by atoms with Crippen molar-refractivity contribution < 1.29 is 4.39 Å². The van der Waals surface area contributed by atoms with Gasteiger partial charge in [0.25, 0.3) is 0 Å². The Hall–Kier alpha value is -2.21. The van der Waals surface area contributed by atoms with E-state index in [0.29, 0.717) is 16.9 Å². The molecule has 150 valence electrons. The molecule has 1 fully saturated rings. The Labute approximate surface area is 172 Å². The van der Waals surface area contributed by atoms with Crippen molar-refractivity contribution in [2.24, 2.45) is 11.8 Å². The predicted octanol–water partition coefficient (Wildman–Crippen LogP) is 4.62. The molecule has 2 heterocycles. The number of thiocarbonyl (C=S) groups is 1. The van der Waals surface area contributed by atoms with Crippen LogP contribution in [0.2, 0.25) is 0 Å². The van der Waals surface area contributed by atoms with Gasteiger partial charge in [0.15, 0.2) is 5.11 Å². The number of piperidine rings is 1. The maximum absolute atomic E-state index is 12.9. The fourth-order valence-electron chi connectivity index (χ4n) is 3.82. The Morgan fingerprint density at radius 1 is 1.14 bits per heavy atom. The fraction of sp³-hybridized carbons (Fsp3) is 0.455. The summed E-state index contributed by atoms with van der Waals surface area (Å²) in [7, 11) is 0. The number of rotatable bonds is 6. The van der Waals surface area contributed by atoms with Crippen molar-refractivity contribution in [1.29, 1.82) is 0 Å². The smallest absolute Gasteiger partial charge is 0.170 e. The molecule has 3 rings (SSSR count).